The zero-order valence-corrected chi connectivity index (χ0v) is 9.48. The molecule has 0 aromatic heterocycles. The van der Waals surface area contributed by atoms with E-state index < -0.39 is 0 Å². The Balaban J connectivity index is 1.76. The monoisotopic (exact) mass is 240 g/mol. The molecule has 1 aromatic rings. The highest BCUT2D eigenvalue weighted by molar-refractivity contribution is 6.30. The lowest BCUT2D eigenvalue weighted by Gasteiger charge is -2.07. The van der Waals surface area contributed by atoms with Crippen molar-refractivity contribution >= 4 is 17.6 Å². The average molecular weight is 241 g/mol. The summed E-state index contributed by atoms with van der Waals surface area (Å²) in [6, 6.07) is 7.70. The SMILES string of the molecule is NC1=NC(CCOc2cccc(Cl)c2)CO1. The summed E-state index contributed by atoms with van der Waals surface area (Å²) in [6.07, 6.45) is 0.785. The van der Waals surface area contributed by atoms with Crippen molar-refractivity contribution in [3.05, 3.63) is 29.3 Å². The number of nitrogens with two attached hydrogens (primary N) is 1. The van der Waals surface area contributed by atoms with Crippen LogP contribution >= 0.6 is 11.6 Å². The van der Waals surface area contributed by atoms with Gasteiger partial charge in [-0.15, -0.1) is 0 Å². The van der Waals surface area contributed by atoms with Crippen molar-refractivity contribution in [3.63, 3.8) is 0 Å². The van der Waals surface area contributed by atoms with Gasteiger partial charge < -0.3 is 15.2 Å². The van der Waals surface area contributed by atoms with E-state index in [0.717, 1.165) is 12.2 Å². The molecule has 2 N–H and O–H groups in total. The zero-order valence-electron chi connectivity index (χ0n) is 8.73. The Morgan fingerprint density at radius 3 is 3.12 bits per heavy atom. The highest BCUT2D eigenvalue weighted by atomic mass is 35.5. The Labute approximate surface area is 99.0 Å². The van der Waals surface area contributed by atoms with Crippen LogP contribution in [0.1, 0.15) is 6.42 Å². The number of nitrogens with zero attached hydrogens (tertiary/aromatic N) is 1. The van der Waals surface area contributed by atoms with Crippen LogP contribution in [0.5, 0.6) is 5.75 Å². The van der Waals surface area contributed by atoms with Gasteiger partial charge in [0, 0.05) is 11.4 Å². The molecule has 1 aromatic carbocycles. The number of benzene rings is 1. The molecule has 0 spiro atoms. The van der Waals surface area contributed by atoms with Crippen LogP contribution in [-0.2, 0) is 4.74 Å². The molecular weight excluding hydrogens is 228 g/mol. The number of halogens is 1. The maximum absolute atomic E-state index is 5.83. The van der Waals surface area contributed by atoms with Crippen LogP contribution in [0, 0.1) is 0 Å². The van der Waals surface area contributed by atoms with Gasteiger partial charge in [0.05, 0.1) is 12.6 Å². The van der Waals surface area contributed by atoms with Gasteiger partial charge in [-0.3, -0.25) is 0 Å². The number of amidine groups is 1. The minimum atomic E-state index is 0.110. The summed E-state index contributed by atoms with van der Waals surface area (Å²) in [5.41, 5.74) is 5.40. The van der Waals surface area contributed by atoms with Crippen LogP contribution < -0.4 is 10.5 Å². The van der Waals surface area contributed by atoms with E-state index in [1.54, 1.807) is 6.07 Å². The van der Waals surface area contributed by atoms with Gasteiger partial charge in [-0.1, -0.05) is 17.7 Å². The Morgan fingerprint density at radius 2 is 2.44 bits per heavy atom. The van der Waals surface area contributed by atoms with Gasteiger partial charge in [-0.05, 0) is 18.2 Å². The molecule has 0 amide bonds. The number of ether oxygens (including phenoxy) is 2. The topological polar surface area (TPSA) is 56.8 Å². The van der Waals surface area contributed by atoms with Crippen molar-refractivity contribution in [1.82, 2.24) is 0 Å². The van der Waals surface area contributed by atoms with Gasteiger partial charge in [0.1, 0.15) is 12.4 Å². The first-order valence-corrected chi connectivity index (χ1v) is 5.46. The quantitative estimate of drug-likeness (QED) is 0.874. The molecule has 1 aliphatic rings. The summed E-state index contributed by atoms with van der Waals surface area (Å²) >= 11 is 5.83. The van der Waals surface area contributed by atoms with Crippen molar-refractivity contribution in [2.75, 3.05) is 13.2 Å². The largest absolute Gasteiger partial charge is 0.493 e. The molecule has 1 unspecified atom stereocenters. The van der Waals surface area contributed by atoms with Crippen LogP contribution in [0.25, 0.3) is 0 Å². The number of hydrogen-bond acceptors (Lipinski definition) is 4. The zero-order chi connectivity index (χ0) is 11.4. The summed E-state index contributed by atoms with van der Waals surface area (Å²) in [7, 11) is 0. The molecule has 0 saturated carbocycles. The molecule has 4 nitrogen and oxygen atoms in total. The van der Waals surface area contributed by atoms with Crippen molar-refractivity contribution in [2.24, 2.45) is 10.7 Å². The Bertz CT molecular complexity index is 395. The number of aliphatic imine (C=N–C) groups is 1. The van der Waals surface area contributed by atoms with Crippen LogP contribution in [0.3, 0.4) is 0 Å². The van der Waals surface area contributed by atoms with Gasteiger partial charge >= 0.3 is 0 Å². The highest BCUT2D eigenvalue weighted by Gasteiger charge is 2.16. The van der Waals surface area contributed by atoms with Gasteiger partial charge in [0.25, 0.3) is 6.02 Å². The normalized spacial score (nSPS) is 19.1. The minimum absolute atomic E-state index is 0.110. The predicted molar refractivity (Wildman–Crippen MR) is 62.9 cm³/mol. The van der Waals surface area contributed by atoms with Gasteiger partial charge in [0.15, 0.2) is 0 Å². The minimum Gasteiger partial charge on any atom is -0.493 e. The Hall–Kier alpha value is -1.42. The maximum Gasteiger partial charge on any atom is 0.282 e. The first-order valence-electron chi connectivity index (χ1n) is 5.08. The van der Waals surface area contributed by atoms with Gasteiger partial charge in [-0.2, -0.15) is 0 Å². The molecule has 0 saturated heterocycles. The highest BCUT2D eigenvalue weighted by Crippen LogP contribution is 2.17. The third-order valence-electron chi connectivity index (χ3n) is 2.25. The van der Waals surface area contributed by atoms with Crippen molar-refractivity contribution < 1.29 is 9.47 Å². The molecule has 5 heteroatoms. The third kappa shape index (κ3) is 3.03. The predicted octanol–water partition coefficient (Wildman–Crippen LogP) is 1.82. The number of rotatable bonds is 4. The van der Waals surface area contributed by atoms with Crippen molar-refractivity contribution in [3.8, 4) is 5.75 Å². The van der Waals surface area contributed by atoms with Gasteiger partial charge in [-0.25, -0.2) is 4.99 Å². The second-order valence-electron chi connectivity index (χ2n) is 3.53. The fraction of sp³-hybridized carbons (Fsp3) is 0.364. The van der Waals surface area contributed by atoms with Crippen LogP contribution in [0.15, 0.2) is 29.3 Å². The van der Waals surface area contributed by atoms with E-state index in [4.69, 9.17) is 26.8 Å². The van der Waals surface area contributed by atoms with Crippen LogP contribution in [0.4, 0.5) is 0 Å². The first kappa shape index (κ1) is 11.1. The summed E-state index contributed by atoms with van der Waals surface area (Å²) < 4.78 is 10.6. The summed E-state index contributed by atoms with van der Waals surface area (Å²) in [5.74, 6) is 0.767. The lowest BCUT2D eigenvalue weighted by atomic mass is 10.2. The second kappa shape index (κ2) is 5.07. The van der Waals surface area contributed by atoms with Crippen LogP contribution in [-0.4, -0.2) is 25.3 Å². The summed E-state index contributed by atoms with van der Waals surface area (Å²) in [6.45, 7) is 1.12. The van der Waals surface area contributed by atoms with E-state index in [1.165, 1.54) is 0 Å². The number of hydrogen-bond donors (Lipinski definition) is 1. The molecule has 1 atom stereocenters. The van der Waals surface area contributed by atoms with E-state index >= 15 is 0 Å². The standard InChI is InChI=1S/C11H13ClN2O2/c12-8-2-1-3-10(6-8)15-5-4-9-7-16-11(13)14-9/h1-3,6,9H,4-5,7H2,(H2,13,14). The fourth-order valence-electron chi connectivity index (χ4n) is 1.45. The lowest BCUT2D eigenvalue weighted by molar-refractivity contribution is 0.263. The molecule has 0 aliphatic carbocycles. The molecule has 1 aliphatic heterocycles. The molecular formula is C11H13ClN2O2. The average Bonchev–Trinajstić information content (AvgIpc) is 2.64. The summed E-state index contributed by atoms with van der Waals surface area (Å²) in [4.78, 5) is 4.10. The van der Waals surface area contributed by atoms with E-state index in [9.17, 15) is 0 Å². The smallest absolute Gasteiger partial charge is 0.282 e. The molecule has 86 valence electrons. The molecule has 0 bridgehead atoms. The van der Waals surface area contributed by atoms with E-state index in [1.807, 2.05) is 18.2 Å². The molecule has 1 heterocycles. The Morgan fingerprint density at radius 1 is 1.56 bits per heavy atom. The first-order chi connectivity index (χ1) is 7.74. The van der Waals surface area contributed by atoms with Crippen LogP contribution in [0.2, 0.25) is 5.02 Å². The third-order valence-corrected chi connectivity index (χ3v) is 2.48. The maximum atomic E-state index is 5.83. The molecule has 0 radical (unpaired) electrons. The Kier molecular flexibility index (Phi) is 3.51. The second-order valence-corrected chi connectivity index (χ2v) is 3.96. The van der Waals surface area contributed by atoms with E-state index in [0.29, 0.717) is 18.2 Å². The van der Waals surface area contributed by atoms with Crippen molar-refractivity contribution in [1.29, 1.82) is 0 Å². The summed E-state index contributed by atoms with van der Waals surface area (Å²) in [5, 5.41) is 0.670. The molecule has 16 heavy (non-hydrogen) atoms. The fourth-order valence-corrected chi connectivity index (χ4v) is 1.63. The molecule has 2 rings (SSSR count). The van der Waals surface area contributed by atoms with Crippen molar-refractivity contribution in [2.45, 2.75) is 12.5 Å². The van der Waals surface area contributed by atoms with E-state index in [-0.39, 0.29) is 12.1 Å². The lowest BCUT2D eigenvalue weighted by Crippen LogP contribution is -2.12. The molecule has 0 fully saturated rings. The van der Waals surface area contributed by atoms with Gasteiger partial charge in [0.2, 0.25) is 0 Å². The van der Waals surface area contributed by atoms with E-state index in [2.05, 4.69) is 4.99 Å².